The molecule has 2 N–H and O–H groups in total. The number of benzene rings is 1. The lowest BCUT2D eigenvalue weighted by Gasteiger charge is -2.25. The number of amides is 2. The zero-order valence-corrected chi connectivity index (χ0v) is 16.2. The third-order valence-electron chi connectivity index (χ3n) is 3.79. The summed E-state index contributed by atoms with van der Waals surface area (Å²) in [7, 11) is 1.56. The lowest BCUT2D eigenvalue weighted by molar-refractivity contribution is -0.123. The van der Waals surface area contributed by atoms with Gasteiger partial charge in [0.2, 0.25) is 5.91 Å². The molecule has 0 aliphatic rings. The van der Waals surface area contributed by atoms with Gasteiger partial charge in [-0.25, -0.2) is 4.98 Å². The first-order valence-corrected chi connectivity index (χ1v) is 8.83. The van der Waals surface area contributed by atoms with Crippen LogP contribution in [0.15, 0.2) is 42.5 Å². The molecule has 1 atom stereocenters. The van der Waals surface area contributed by atoms with Gasteiger partial charge in [0.05, 0.1) is 5.69 Å². The Bertz CT molecular complexity index is 800. The molecule has 0 spiro atoms. The number of pyridine rings is 1. The second-order valence-corrected chi connectivity index (χ2v) is 7.76. The second kappa shape index (κ2) is 8.32. The number of hydrogen-bond acceptors (Lipinski definition) is 3. The van der Waals surface area contributed by atoms with E-state index in [0.717, 1.165) is 5.56 Å². The van der Waals surface area contributed by atoms with E-state index in [4.69, 9.17) is 11.6 Å². The SMILES string of the molecule is CNC(=O)C(CC(C)(C)C)NC(=O)c1cccc(-c2cccc(Cl)c2)n1. The van der Waals surface area contributed by atoms with Crippen molar-refractivity contribution in [3.05, 3.63) is 53.2 Å². The molecular weight excluding hydrogens is 350 g/mol. The van der Waals surface area contributed by atoms with Crippen molar-refractivity contribution in [3.63, 3.8) is 0 Å². The van der Waals surface area contributed by atoms with Gasteiger partial charge < -0.3 is 10.6 Å². The van der Waals surface area contributed by atoms with Crippen LogP contribution in [0.3, 0.4) is 0 Å². The molecule has 0 aliphatic carbocycles. The fourth-order valence-corrected chi connectivity index (χ4v) is 2.79. The fraction of sp³-hybridized carbons (Fsp3) is 0.350. The molecule has 26 heavy (non-hydrogen) atoms. The first kappa shape index (κ1) is 19.9. The van der Waals surface area contributed by atoms with Gasteiger partial charge in [-0.15, -0.1) is 0 Å². The quantitative estimate of drug-likeness (QED) is 0.839. The summed E-state index contributed by atoms with van der Waals surface area (Å²) in [5.41, 5.74) is 1.61. The number of rotatable bonds is 5. The van der Waals surface area contributed by atoms with E-state index < -0.39 is 6.04 Å². The van der Waals surface area contributed by atoms with Crippen LogP contribution >= 0.6 is 11.6 Å². The zero-order chi connectivity index (χ0) is 19.3. The number of nitrogens with one attached hydrogen (secondary N) is 2. The minimum Gasteiger partial charge on any atom is -0.357 e. The lowest BCUT2D eigenvalue weighted by atomic mass is 9.87. The minimum absolute atomic E-state index is 0.111. The maximum Gasteiger partial charge on any atom is 0.270 e. The third kappa shape index (κ3) is 5.56. The van der Waals surface area contributed by atoms with Crippen LogP contribution in [0.5, 0.6) is 0 Å². The van der Waals surface area contributed by atoms with E-state index in [2.05, 4.69) is 15.6 Å². The third-order valence-corrected chi connectivity index (χ3v) is 4.02. The van der Waals surface area contributed by atoms with Crippen molar-refractivity contribution in [2.45, 2.75) is 33.2 Å². The van der Waals surface area contributed by atoms with Crippen molar-refractivity contribution >= 4 is 23.4 Å². The fourth-order valence-electron chi connectivity index (χ4n) is 2.60. The molecule has 2 rings (SSSR count). The van der Waals surface area contributed by atoms with Gasteiger partial charge in [0.1, 0.15) is 11.7 Å². The Hall–Kier alpha value is -2.40. The maximum absolute atomic E-state index is 12.6. The van der Waals surface area contributed by atoms with Crippen molar-refractivity contribution in [1.82, 2.24) is 15.6 Å². The molecule has 0 aliphatic heterocycles. The lowest BCUT2D eigenvalue weighted by Crippen LogP contribution is -2.47. The van der Waals surface area contributed by atoms with E-state index in [1.807, 2.05) is 39.0 Å². The Balaban J connectivity index is 2.23. The van der Waals surface area contributed by atoms with Crippen LogP contribution in [-0.2, 0) is 4.79 Å². The summed E-state index contributed by atoms with van der Waals surface area (Å²) in [4.78, 5) is 29.2. The van der Waals surface area contributed by atoms with Crippen LogP contribution in [0, 0.1) is 5.41 Å². The first-order valence-electron chi connectivity index (χ1n) is 8.45. The molecule has 6 heteroatoms. The van der Waals surface area contributed by atoms with Crippen molar-refractivity contribution in [1.29, 1.82) is 0 Å². The van der Waals surface area contributed by atoms with Crippen LogP contribution in [0.2, 0.25) is 5.02 Å². The summed E-state index contributed by atoms with van der Waals surface area (Å²) >= 11 is 6.03. The number of halogens is 1. The van der Waals surface area contributed by atoms with Gasteiger partial charge in [-0.1, -0.05) is 50.6 Å². The van der Waals surface area contributed by atoms with Crippen molar-refractivity contribution in [2.75, 3.05) is 7.05 Å². The van der Waals surface area contributed by atoms with Crippen molar-refractivity contribution in [3.8, 4) is 11.3 Å². The molecule has 5 nitrogen and oxygen atoms in total. The Labute approximate surface area is 159 Å². The number of carbonyl (C=O) groups is 2. The largest absolute Gasteiger partial charge is 0.357 e. The predicted octanol–water partition coefficient (Wildman–Crippen LogP) is 3.68. The monoisotopic (exact) mass is 373 g/mol. The molecule has 1 heterocycles. The van der Waals surface area contributed by atoms with Crippen LogP contribution < -0.4 is 10.6 Å². The van der Waals surface area contributed by atoms with E-state index in [9.17, 15) is 9.59 Å². The van der Waals surface area contributed by atoms with Crippen molar-refractivity contribution in [2.24, 2.45) is 5.41 Å². The van der Waals surface area contributed by atoms with Gasteiger partial charge in [-0.3, -0.25) is 9.59 Å². The normalized spacial score (nSPS) is 12.3. The predicted molar refractivity (Wildman–Crippen MR) is 104 cm³/mol. The van der Waals surface area contributed by atoms with Gasteiger partial charge in [0, 0.05) is 17.6 Å². The molecule has 0 bridgehead atoms. The molecule has 0 saturated heterocycles. The van der Waals surface area contributed by atoms with Gasteiger partial charge in [0.25, 0.3) is 5.91 Å². The Morgan fingerprint density at radius 2 is 1.85 bits per heavy atom. The van der Waals surface area contributed by atoms with Gasteiger partial charge in [-0.2, -0.15) is 0 Å². The molecule has 138 valence electrons. The molecular formula is C20H24ClN3O2. The molecule has 1 aromatic heterocycles. The average molecular weight is 374 g/mol. The molecule has 0 radical (unpaired) electrons. The summed E-state index contributed by atoms with van der Waals surface area (Å²) in [6, 6.07) is 11.9. The number of nitrogens with zero attached hydrogens (tertiary/aromatic N) is 1. The second-order valence-electron chi connectivity index (χ2n) is 7.32. The number of aromatic nitrogens is 1. The Morgan fingerprint density at radius 3 is 2.46 bits per heavy atom. The van der Waals surface area contributed by atoms with E-state index in [0.29, 0.717) is 17.1 Å². The molecule has 2 amide bonds. The standard InChI is InChI=1S/C20H24ClN3O2/c1-20(2,3)12-17(18(25)22-4)24-19(26)16-10-6-9-15(23-16)13-7-5-8-14(21)11-13/h5-11,17H,12H2,1-4H3,(H,22,25)(H,24,26). The van der Waals surface area contributed by atoms with Crippen LogP contribution in [0.25, 0.3) is 11.3 Å². The highest BCUT2D eigenvalue weighted by Gasteiger charge is 2.26. The highest BCUT2D eigenvalue weighted by atomic mass is 35.5. The summed E-state index contributed by atoms with van der Waals surface area (Å²) in [6.07, 6.45) is 0.520. The molecule has 0 fully saturated rings. The molecule has 0 saturated carbocycles. The Morgan fingerprint density at radius 1 is 1.15 bits per heavy atom. The first-order chi connectivity index (χ1) is 12.2. The van der Waals surface area contributed by atoms with Gasteiger partial charge >= 0.3 is 0 Å². The van der Waals surface area contributed by atoms with Crippen LogP contribution in [0.4, 0.5) is 0 Å². The summed E-state index contributed by atoms with van der Waals surface area (Å²) in [5.74, 6) is -0.606. The van der Waals surface area contributed by atoms with E-state index >= 15 is 0 Å². The number of likely N-dealkylation sites (N-methyl/N-ethyl adjacent to an activating group) is 1. The average Bonchev–Trinajstić information content (AvgIpc) is 2.59. The smallest absolute Gasteiger partial charge is 0.270 e. The van der Waals surface area contributed by atoms with Gasteiger partial charge in [0.15, 0.2) is 0 Å². The minimum atomic E-state index is -0.621. The van der Waals surface area contributed by atoms with Crippen LogP contribution in [0.1, 0.15) is 37.7 Å². The highest BCUT2D eigenvalue weighted by Crippen LogP contribution is 2.22. The molecule has 1 aromatic carbocycles. The summed E-state index contributed by atoms with van der Waals surface area (Å²) in [6.45, 7) is 6.06. The summed E-state index contributed by atoms with van der Waals surface area (Å²) in [5, 5.41) is 5.99. The topological polar surface area (TPSA) is 71.1 Å². The zero-order valence-electron chi connectivity index (χ0n) is 15.5. The van der Waals surface area contributed by atoms with E-state index in [1.165, 1.54) is 0 Å². The summed E-state index contributed by atoms with van der Waals surface area (Å²) < 4.78 is 0. The molecule has 2 aromatic rings. The number of carbonyl (C=O) groups excluding carboxylic acids is 2. The van der Waals surface area contributed by atoms with Gasteiger partial charge in [-0.05, 0) is 36.1 Å². The van der Waals surface area contributed by atoms with E-state index in [1.54, 1.807) is 31.3 Å². The van der Waals surface area contributed by atoms with E-state index in [-0.39, 0.29) is 22.9 Å². The molecule has 1 unspecified atom stereocenters. The van der Waals surface area contributed by atoms with Crippen LogP contribution in [-0.4, -0.2) is 29.9 Å². The highest BCUT2D eigenvalue weighted by molar-refractivity contribution is 6.30. The number of hydrogen-bond donors (Lipinski definition) is 2. The Kier molecular flexibility index (Phi) is 6.37. The maximum atomic E-state index is 12.6. The van der Waals surface area contributed by atoms with Crippen molar-refractivity contribution < 1.29 is 9.59 Å².